The van der Waals surface area contributed by atoms with Gasteiger partial charge in [0.2, 0.25) is 0 Å². The number of anilines is 2. The lowest BCUT2D eigenvalue weighted by atomic mass is 10.1. The topological polar surface area (TPSA) is 104 Å². The summed E-state index contributed by atoms with van der Waals surface area (Å²) in [5, 5.41) is 14.1. The molecule has 0 saturated heterocycles. The van der Waals surface area contributed by atoms with Crippen molar-refractivity contribution in [2.75, 3.05) is 10.6 Å². The van der Waals surface area contributed by atoms with Crippen LogP contribution in [0.3, 0.4) is 0 Å². The number of nitrogens with two attached hydrogens (primary N) is 1. The lowest BCUT2D eigenvalue weighted by molar-refractivity contribution is -0.145. The SMILES string of the molecule is NC(=O)C1(C(=O)O)Nc2ccccc2N1. The second-order valence-electron chi connectivity index (χ2n) is 3.21. The van der Waals surface area contributed by atoms with Crippen molar-refractivity contribution in [2.45, 2.75) is 5.66 Å². The number of hydrogen-bond donors (Lipinski definition) is 4. The number of para-hydroxylation sites is 2. The highest BCUT2D eigenvalue weighted by molar-refractivity contribution is 6.14. The van der Waals surface area contributed by atoms with Crippen molar-refractivity contribution in [3.8, 4) is 0 Å². The summed E-state index contributed by atoms with van der Waals surface area (Å²) in [5.41, 5.74) is 4.21. The van der Waals surface area contributed by atoms with Gasteiger partial charge < -0.3 is 21.5 Å². The highest BCUT2D eigenvalue weighted by Crippen LogP contribution is 2.33. The quantitative estimate of drug-likeness (QED) is 0.502. The van der Waals surface area contributed by atoms with E-state index in [4.69, 9.17) is 10.8 Å². The Balaban J connectivity index is 2.45. The normalized spacial score (nSPS) is 16.0. The molecule has 0 saturated carbocycles. The molecule has 0 atom stereocenters. The maximum absolute atomic E-state index is 11.1. The number of hydrogen-bond acceptors (Lipinski definition) is 4. The lowest BCUT2D eigenvalue weighted by Crippen LogP contribution is -2.59. The van der Waals surface area contributed by atoms with Gasteiger partial charge in [0, 0.05) is 0 Å². The third-order valence-electron chi connectivity index (χ3n) is 2.26. The minimum Gasteiger partial charge on any atom is -0.478 e. The lowest BCUT2D eigenvalue weighted by Gasteiger charge is -2.21. The van der Waals surface area contributed by atoms with Crippen molar-refractivity contribution in [1.29, 1.82) is 0 Å². The average molecular weight is 207 g/mol. The van der Waals surface area contributed by atoms with Gasteiger partial charge in [-0.15, -0.1) is 0 Å². The van der Waals surface area contributed by atoms with Gasteiger partial charge in [0.1, 0.15) is 0 Å². The fourth-order valence-electron chi connectivity index (χ4n) is 1.47. The molecule has 1 aliphatic heterocycles. The van der Waals surface area contributed by atoms with E-state index in [0.717, 1.165) is 0 Å². The first-order chi connectivity index (χ1) is 7.06. The van der Waals surface area contributed by atoms with Gasteiger partial charge in [-0.05, 0) is 12.1 Å². The Kier molecular flexibility index (Phi) is 1.79. The number of carboxylic acid groups (broad SMARTS) is 1. The Labute approximate surface area is 85.1 Å². The van der Waals surface area contributed by atoms with Crippen LogP contribution in [-0.4, -0.2) is 22.6 Å². The van der Waals surface area contributed by atoms with E-state index in [-0.39, 0.29) is 0 Å². The first kappa shape index (κ1) is 9.32. The van der Waals surface area contributed by atoms with Crippen LogP contribution in [0.2, 0.25) is 0 Å². The van der Waals surface area contributed by atoms with E-state index in [1.54, 1.807) is 24.3 Å². The van der Waals surface area contributed by atoms with E-state index in [1.165, 1.54) is 0 Å². The zero-order valence-corrected chi connectivity index (χ0v) is 7.65. The van der Waals surface area contributed by atoms with Crippen LogP contribution in [-0.2, 0) is 9.59 Å². The predicted octanol–water partition coefficient (Wildman–Crippen LogP) is -0.210. The Morgan fingerprint density at radius 3 is 2.00 bits per heavy atom. The van der Waals surface area contributed by atoms with Crippen molar-refractivity contribution in [1.82, 2.24) is 0 Å². The number of amides is 1. The van der Waals surface area contributed by atoms with Crippen LogP contribution in [0, 0.1) is 0 Å². The number of benzene rings is 1. The minimum atomic E-state index is -1.94. The fraction of sp³-hybridized carbons (Fsp3) is 0.111. The molecule has 78 valence electrons. The summed E-state index contributed by atoms with van der Waals surface area (Å²) in [6.07, 6.45) is 0. The molecule has 0 fully saturated rings. The molecule has 0 aliphatic carbocycles. The fourth-order valence-corrected chi connectivity index (χ4v) is 1.47. The second-order valence-corrected chi connectivity index (χ2v) is 3.21. The van der Waals surface area contributed by atoms with E-state index in [1.807, 2.05) is 0 Å². The van der Waals surface area contributed by atoms with Gasteiger partial charge in [0.15, 0.2) is 0 Å². The first-order valence-electron chi connectivity index (χ1n) is 4.25. The van der Waals surface area contributed by atoms with Gasteiger partial charge >= 0.3 is 5.97 Å². The zero-order valence-electron chi connectivity index (χ0n) is 7.65. The van der Waals surface area contributed by atoms with E-state index in [9.17, 15) is 9.59 Å². The number of rotatable bonds is 2. The van der Waals surface area contributed by atoms with Crippen LogP contribution in [0.5, 0.6) is 0 Å². The molecule has 0 unspecified atom stereocenters. The molecule has 0 bridgehead atoms. The summed E-state index contributed by atoms with van der Waals surface area (Å²) in [4.78, 5) is 22.2. The number of fused-ring (bicyclic) bond motifs is 1. The third kappa shape index (κ3) is 1.18. The molecule has 0 spiro atoms. The first-order valence-corrected chi connectivity index (χ1v) is 4.25. The van der Waals surface area contributed by atoms with Crippen LogP contribution >= 0.6 is 0 Å². The molecule has 2 rings (SSSR count). The Morgan fingerprint density at radius 1 is 1.20 bits per heavy atom. The molecule has 6 heteroatoms. The smallest absolute Gasteiger partial charge is 0.360 e. The number of carboxylic acids is 1. The van der Waals surface area contributed by atoms with Gasteiger partial charge in [0.05, 0.1) is 11.4 Å². The monoisotopic (exact) mass is 207 g/mol. The zero-order chi connectivity index (χ0) is 11.1. The maximum atomic E-state index is 11.1. The summed E-state index contributed by atoms with van der Waals surface area (Å²) < 4.78 is 0. The van der Waals surface area contributed by atoms with Crippen LogP contribution in [0.25, 0.3) is 0 Å². The summed E-state index contributed by atoms with van der Waals surface area (Å²) in [7, 11) is 0. The van der Waals surface area contributed by atoms with Crippen LogP contribution in [0.1, 0.15) is 0 Å². The van der Waals surface area contributed by atoms with Crippen LogP contribution in [0.4, 0.5) is 11.4 Å². The number of aliphatic carboxylic acids is 1. The number of carbonyl (C=O) groups excluding carboxylic acids is 1. The van der Waals surface area contributed by atoms with Gasteiger partial charge in [0.25, 0.3) is 11.6 Å². The summed E-state index contributed by atoms with van der Waals surface area (Å²) in [6.45, 7) is 0. The summed E-state index contributed by atoms with van der Waals surface area (Å²) in [5.74, 6) is -2.34. The predicted molar refractivity (Wildman–Crippen MR) is 53.2 cm³/mol. The number of primary amides is 1. The van der Waals surface area contributed by atoms with Gasteiger partial charge in [-0.3, -0.25) is 4.79 Å². The van der Waals surface area contributed by atoms with Gasteiger partial charge in [-0.25, -0.2) is 4.79 Å². The molecule has 6 nitrogen and oxygen atoms in total. The number of nitrogens with one attached hydrogen (secondary N) is 2. The van der Waals surface area contributed by atoms with E-state index in [2.05, 4.69) is 10.6 Å². The highest BCUT2D eigenvalue weighted by atomic mass is 16.4. The Morgan fingerprint density at radius 2 is 1.67 bits per heavy atom. The van der Waals surface area contributed by atoms with Crippen molar-refractivity contribution in [3.63, 3.8) is 0 Å². The van der Waals surface area contributed by atoms with Crippen molar-refractivity contribution in [2.24, 2.45) is 5.73 Å². The van der Waals surface area contributed by atoms with Gasteiger partial charge in [-0.1, -0.05) is 12.1 Å². The summed E-state index contributed by atoms with van der Waals surface area (Å²) >= 11 is 0. The third-order valence-corrected chi connectivity index (χ3v) is 2.26. The molecular formula is C9H9N3O3. The number of carbonyl (C=O) groups is 2. The minimum absolute atomic E-state index is 0.540. The summed E-state index contributed by atoms with van der Waals surface area (Å²) in [6, 6.07) is 6.78. The molecular weight excluding hydrogens is 198 g/mol. The Bertz CT molecular complexity index is 403. The van der Waals surface area contributed by atoms with Crippen LogP contribution < -0.4 is 16.4 Å². The average Bonchev–Trinajstić information content (AvgIpc) is 2.57. The van der Waals surface area contributed by atoms with E-state index in [0.29, 0.717) is 11.4 Å². The highest BCUT2D eigenvalue weighted by Gasteiger charge is 2.49. The van der Waals surface area contributed by atoms with Gasteiger partial charge in [-0.2, -0.15) is 0 Å². The molecule has 1 aromatic rings. The van der Waals surface area contributed by atoms with Crippen molar-refractivity contribution in [3.05, 3.63) is 24.3 Å². The standard InChI is InChI=1S/C9H9N3O3/c10-7(13)9(8(14)15)11-5-3-1-2-4-6(5)12-9/h1-4,11-12H,(H2,10,13)(H,14,15). The molecule has 1 aromatic carbocycles. The molecule has 0 radical (unpaired) electrons. The van der Waals surface area contributed by atoms with Crippen molar-refractivity contribution < 1.29 is 14.7 Å². The molecule has 1 heterocycles. The van der Waals surface area contributed by atoms with Crippen LogP contribution in [0.15, 0.2) is 24.3 Å². The van der Waals surface area contributed by atoms with E-state index >= 15 is 0 Å². The Hall–Kier alpha value is -2.24. The van der Waals surface area contributed by atoms with E-state index < -0.39 is 17.5 Å². The second kappa shape index (κ2) is 2.88. The molecule has 0 aromatic heterocycles. The van der Waals surface area contributed by atoms with Crippen molar-refractivity contribution >= 4 is 23.3 Å². The molecule has 5 N–H and O–H groups in total. The largest absolute Gasteiger partial charge is 0.478 e. The molecule has 15 heavy (non-hydrogen) atoms. The molecule has 1 aliphatic rings. The molecule has 1 amide bonds. The maximum Gasteiger partial charge on any atom is 0.360 e.